The summed E-state index contributed by atoms with van der Waals surface area (Å²) in [5.41, 5.74) is 0.194. The highest BCUT2D eigenvalue weighted by Gasteiger charge is 2.50. The summed E-state index contributed by atoms with van der Waals surface area (Å²) in [5.74, 6) is -2.68. The van der Waals surface area contributed by atoms with E-state index in [1.54, 1.807) is 0 Å². The highest BCUT2D eigenvalue weighted by atomic mass is 19.1. The second-order valence-electron chi connectivity index (χ2n) is 7.96. The molecule has 1 aromatic heterocycles. The van der Waals surface area contributed by atoms with E-state index in [1.807, 2.05) is 0 Å². The van der Waals surface area contributed by atoms with E-state index in [4.69, 9.17) is 24.2 Å². The topological polar surface area (TPSA) is 134 Å². The molecule has 1 fully saturated rings. The highest BCUT2D eigenvalue weighted by molar-refractivity contribution is 5.67. The Morgan fingerprint density at radius 1 is 1.20 bits per heavy atom. The summed E-state index contributed by atoms with van der Waals surface area (Å²) in [6, 6.07) is 1.42. The maximum Gasteiger partial charge on any atom is 0.303 e. The lowest BCUT2D eigenvalue weighted by molar-refractivity contribution is -0.224. The van der Waals surface area contributed by atoms with Crippen LogP contribution < -0.4 is 0 Å². The summed E-state index contributed by atoms with van der Waals surface area (Å²) < 4.78 is 51.9. The van der Waals surface area contributed by atoms with Crippen molar-refractivity contribution in [1.29, 1.82) is 0 Å². The quantitative estimate of drug-likeness (QED) is 0.253. The molecule has 0 saturated carbocycles. The molecule has 0 bridgehead atoms. The molecule has 1 aliphatic rings. The molecule has 5 atom stereocenters. The molecule has 1 saturated heterocycles. The molecule has 0 spiro atoms. The summed E-state index contributed by atoms with van der Waals surface area (Å²) >= 11 is 0. The van der Waals surface area contributed by atoms with Gasteiger partial charge in [0.2, 0.25) is 0 Å². The maximum absolute atomic E-state index is 14.1. The average Bonchev–Trinajstić information content (AvgIpc) is 3.29. The zero-order chi connectivity index (χ0) is 25.7. The summed E-state index contributed by atoms with van der Waals surface area (Å²) in [5, 5.41) is 20.0. The van der Waals surface area contributed by atoms with Gasteiger partial charge in [-0.2, -0.15) is 0 Å². The Kier molecular flexibility index (Phi) is 8.46. The van der Waals surface area contributed by atoms with Crippen molar-refractivity contribution in [1.82, 2.24) is 15.0 Å². The van der Waals surface area contributed by atoms with Crippen molar-refractivity contribution >= 4 is 18.2 Å². The summed E-state index contributed by atoms with van der Waals surface area (Å²) in [4.78, 5) is 23.4. The van der Waals surface area contributed by atoms with Crippen LogP contribution in [0.2, 0.25) is 0 Å². The Balaban J connectivity index is 2.05. The molecule has 1 N–H and O–H groups in total. The molecule has 35 heavy (non-hydrogen) atoms. The number of oxime groups is 1. The number of aromatic nitrogens is 3. The lowest BCUT2D eigenvalue weighted by Crippen LogP contribution is -2.58. The van der Waals surface area contributed by atoms with Gasteiger partial charge in [0.05, 0.1) is 12.3 Å². The summed E-state index contributed by atoms with van der Waals surface area (Å²) in [6.45, 7) is 3.50. The van der Waals surface area contributed by atoms with E-state index < -0.39 is 54.0 Å². The molecule has 190 valence electrons. The highest BCUT2D eigenvalue weighted by Crippen LogP contribution is 2.36. The number of nitrogens with zero attached hydrogens (tertiary/aromatic N) is 4. The van der Waals surface area contributed by atoms with Gasteiger partial charge in [0, 0.05) is 44.7 Å². The van der Waals surface area contributed by atoms with Crippen molar-refractivity contribution in [3.8, 4) is 11.3 Å². The second kappa shape index (κ2) is 11.3. The molecule has 2 aromatic rings. The number of esters is 2. The van der Waals surface area contributed by atoms with Crippen LogP contribution in [0.5, 0.6) is 0 Å². The predicted molar refractivity (Wildman–Crippen MR) is 116 cm³/mol. The first-order chi connectivity index (χ1) is 16.7. The van der Waals surface area contributed by atoms with Crippen molar-refractivity contribution in [2.24, 2.45) is 5.16 Å². The molecule has 1 aromatic carbocycles. The second-order valence-corrected chi connectivity index (χ2v) is 7.96. The Morgan fingerprint density at radius 2 is 1.89 bits per heavy atom. The molecule has 13 heteroatoms. The van der Waals surface area contributed by atoms with Crippen LogP contribution in [0.1, 0.15) is 31.9 Å². The molecule has 0 aliphatic carbocycles. The van der Waals surface area contributed by atoms with Crippen molar-refractivity contribution in [2.45, 2.75) is 57.6 Å². The van der Waals surface area contributed by atoms with Gasteiger partial charge < -0.3 is 24.2 Å². The van der Waals surface area contributed by atoms with Crippen molar-refractivity contribution in [3.63, 3.8) is 0 Å². The fraction of sp³-hybridized carbons (Fsp3) is 0.500. The Bertz CT molecular complexity index is 1070. The summed E-state index contributed by atoms with van der Waals surface area (Å²) in [6.07, 6.45) is -0.763. The molecule has 1 aliphatic heterocycles. The zero-order valence-corrected chi connectivity index (χ0v) is 19.6. The van der Waals surface area contributed by atoms with Crippen LogP contribution in [0.4, 0.5) is 8.78 Å². The molecular weight excluding hydrogens is 470 g/mol. The minimum Gasteiger partial charge on any atom is -0.463 e. The first-order valence-corrected chi connectivity index (χ1v) is 10.7. The van der Waals surface area contributed by atoms with Gasteiger partial charge >= 0.3 is 11.9 Å². The first-order valence-electron chi connectivity index (χ1n) is 10.7. The number of carbonyl (C=O) groups is 2. The van der Waals surface area contributed by atoms with Gasteiger partial charge in [-0.15, -0.1) is 10.3 Å². The number of halogens is 2. The standard InChI is InChI=1S/C22H26F2N4O7/c1-11-15(23)7-14(8-16(11)24)17-9-28(27-26-17)20-21(32-4)18(5-6-25-31)35-19(10-33-12(2)29)22(20)34-13(3)30/h6-9,18-22,31H,5,10H2,1-4H3/t18-,19-,20-,21+,22+/m1/s1. The normalized spacial score (nSPS) is 24.5. The molecule has 11 nitrogen and oxygen atoms in total. The fourth-order valence-corrected chi connectivity index (χ4v) is 3.96. The zero-order valence-electron chi connectivity index (χ0n) is 19.6. The number of hydrogen-bond donors (Lipinski definition) is 1. The summed E-state index contributed by atoms with van der Waals surface area (Å²) in [7, 11) is 1.41. The Morgan fingerprint density at radius 3 is 2.46 bits per heavy atom. The van der Waals surface area contributed by atoms with Gasteiger partial charge in [0.25, 0.3) is 0 Å². The third-order valence-electron chi connectivity index (χ3n) is 5.59. The number of hydrogen-bond acceptors (Lipinski definition) is 10. The minimum atomic E-state index is -1.04. The number of ether oxygens (including phenoxy) is 4. The van der Waals surface area contributed by atoms with E-state index in [0.717, 1.165) is 12.1 Å². The lowest BCUT2D eigenvalue weighted by Gasteiger charge is -2.44. The van der Waals surface area contributed by atoms with Crippen molar-refractivity contribution < 1.29 is 42.5 Å². The van der Waals surface area contributed by atoms with Gasteiger partial charge in [0.15, 0.2) is 6.10 Å². The maximum atomic E-state index is 14.1. The monoisotopic (exact) mass is 496 g/mol. The van der Waals surface area contributed by atoms with E-state index >= 15 is 0 Å². The van der Waals surface area contributed by atoms with Crippen LogP contribution in [0.15, 0.2) is 23.5 Å². The van der Waals surface area contributed by atoms with E-state index in [0.29, 0.717) is 0 Å². The van der Waals surface area contributed by atoms with Crippen LogP contribution in [-0.4, -0.2) is 76.5 Å². The van der Waals surface area contributed by atoms with Gasteiger partial charge in [-0.1, -0.05) is 5.21 Å². The largest absolute Gasteiger partial charge is 0.463 e. The average molecular weight is 496 g/mol. The number of methoxy groups -OCH3 is 1. The third-order valence-corrected chi connectivity index (χ3v) is 5.59. The van der Waals surface area contributed by atoms with Gasteiger partial charge in [-0.3, -0.25) is 9.59 Å². The predicted octanol–water partition coefficient (Wildman–Crippen LogP) is 2.20. The smallest absolute Gasteiger partial charge is 0.303 e. The molecule has 0 radical (unpaired) electrons. The third kappa shape index (κ3) is 5.98. The SMILES string of the molecule is CO[C@@H]1[C@@H](n2cc(-c3cc(F)c(C)c(F)c3)nn2)[C@@H](OC(C)=O)[C@@H](COC(C)=O)O[C@@H]1CC=NO. The molecule has 2 heterocycles. The van der Waals surface area contributed by atoms with Crippen LogP contribution in [0.25, 0.3) is 11.3 Å². The minimum absolute atomic E-state index is 0.102. The van der Waals surface area contributed by atoms with Gasteiger partial charge in [-0.05, 0) is 19.1 Å². The Labute approximate surface area is 199 Å². The van der Waals surface area contributed by atoms with E-state index in [1.165, 1.54) is 45.0 Å². The lowest BCUT2D eigenvalue weighted by atomic mass is 9.90. The van der Waals surface area contributed by atoms with E-state index in [-0.39, 0.29) is 29.8 Å². The number of rotatable bonds is 8. The van der Waals surface area contributed by atoms with Crippen molar-refractivity contribution in [2.75, 3.05) is 13.7 Å². The van der Waals surface area contributed by atoms with Gasteiger partial charge in [-0.25, -0.2) is 13.5 Å². The fourth-order valence-electron chi connectivity index (χ4n) is 3.96. The molecule has 0 amide bonds. The van der Waals surface area contributed by atoms with E-state index in [9.17, 15) is 18.4 Å². The van der Waals surface area contributed by atoms with E-state index in [2.05, 4.69) is 15.5 Å². The van der Waals surface area contributed by atoms with Crippen LogP contribution in [0, 0.1) is 18.6 Å². The van der Waals surface area contributed by atoms with Crippen LogP contribution >= 0.6 is 0 Å². The Hall–Kier alpha value is -3.45. The van der Waals surface area contributed by atoms with Crippen LogP contribution in [0.3, 0.4) is 0 Å². The molecule has 0 unspecified atom stereocenters. The van der Waals surface area contributed by atoms with Crippen LogP contribution in [-0.2, 0) is 28.5 Å². The first kappa shape index (κ1) is 26.2. The number of benzene rings is 1. The van der Waals surface area contributed by atoms with Gasteiger partial charge in [0.1, 0.15) is 42.2 Å². The molecule has 3 rings (SSSR count). The van der Waals surface area contributed by atoms with Crippen molar-refractivity contribution in [3.05, 3.63) is 35.5 Å². The number of carbonyl (C=O) groups excluding carboxylic acids is 2. The molecular formula is C22H26F2N4O7.